The molecule has 0 aromatic heterocycles. The third-order valence-electron chi connectivity index (χ3n) is 3.18. The first-order valence-corrected chi connectivity index (χ1v) is 7.18. The minimum atomic E-state index is -0.156. The van der Waals surface area contributed by atoms with Gasteiger partial charge in [0.15, 0.2) is 6.61 Å². The quantitative estimate of drug-likeness (QED) is 0.752. The average Bonchev–Trinajstić information content (AvgIpc) is 2.49. The van der Waals surface area contributed by atoms with Crippen molar-refractivity contribution in [2.45, 2.75) is 19.8 Å². The molecule has 0 aliphatic rings. The van der Waals surface area contributed by atoms with Gasteiger partial charge in [-0.2, -0.15) is 0 Å². The third kappa shape index (κ3) is 6.14. The molecule has 0 unspecified atom stereocenters. The van der Waals surface area contributed by atoms with Crippen LogP contribution < -0.4 is 4.74 Å². The molecule has 5 nitrogen and oxygen atoms in total. The maximum atomic E-state index is 12.1. The lowest BCUT2D eigenvalue weighted by atomic mass is 10.0. The fourth-order valence-electron chi connectivity index (χ4n) is 1.88. The number of amides is 1. The molecule has 0 saturated heterocycles. The Balaban J connectivity index is 2.55. The number of hydrogen-bond acceptors (Lipinski definition) is 4. The summed E-state index contributed by atoms with van der Waals surface area (Å²) in [6.07, 6.45) is 0. The van der Waals surface area contributed by atoms with Crippen molar-refractivity contribution in [2.24, 2.45) is 0 Å². The molecule has 0 spiro atoms. The molecule has 1 aromatic rings. The van der Waals surface area contributed by atoms with E-state index in [0.29, 0.717) is 24.8 Å². The second-order valence-corrected chi connectivity index (χ2v) is 5.11. The van der Waals surface area contributed by atoms with Gasteiger partial charge in [0, 0.05) is 20.2 Å². The molecule has 0 aliphatic heterocycles. The Kier molecular flexibility index (Phi) is 7.79. The van der Waals surface area contributed by atoms with Gasteiger partial charge in [-0.3, -0.25) is 4.79 Å². The number of benzene rings is 1. The van der Waals surface area contributed by atoms with Crippen LogP contribution in [0.3, 0.4) is 0 Å². The summed E-state index contributed by atoms with van der Waals surface area (Å²) < 4.78 is 10.5. The van der Waals surface area contributed by atoms with E-state index in [-0.39, 0.29) is 25.7 Å². The fourth-order valence-corrected chi connectivity index (χ4v) is 1.88. The van der Waals surface area contributed by atoms with E-state index in [1.54, 1.807) is 7.11 Å². The van der Waals surface area contributed by atoms with Gasteiger partial charge in [-0.15, -0.1) is 0 Å². The Morgan fingerprint density at radius 3 is 2.71 bits per heavy atom. The largest absolute Gasteiger partial charge is 0.484 e. The topological polar surface area (TPSA) is 59.0 Å². The minimum Gasteiger partial charge on any atom is -0.484 e. The molecule has 21 heavy (non-hydrogen) atoms. The molecule has 0 heterocycles. The Bertz CT molecular complexity index is 434. The van der Waals surface area contributed by atoms with Crippen molar-refractivity contribution in [3.05, 3.63) is 29.8 Å². The standard InChI is InChI=1S/C16H25NO4/c1-13(2)14-5-4-6-15(11-14)21-12-16(19)17(7-9-18)8-10-20-3/h4-6,11,13,18H,7-10,12H2,1-3H3. The van der Waals surface area contributed by atoms with E-state index in [9.17, 15) is 4.79 Å². The molecule has 0 atom stereocenters. The summed E-state index contributed by atoms with van der Waals surface area (Å²) in [6, 6.07) is 7.75. The van der Waals surface area contributed by atoms with Crippen molar-refractivity contribution in [3.63, 3.8) is 0 Å². The summed E-state index contributed by atoms with van der Waals surface area (Å²) in [6.45, 7) is 5.29. The van der Waals surface area contributed by atoms with Gasteiger partial charge in [-0.1, -0.05) is 26.0 Å². The lowest BCUT2D eigenvalue weighted by Crippen LogP contribution is -2.39. The first kappa shape index (κ1) is 17.5. The Hall–Kier alpha value is -1.59. The average molecular weight is 295 g/mol. The number of carbonyl (C=O) groups is 1. The van der Waals surface area contributed by atoms with Crippen LogP contribution in [0.25, 0.3) is 0 Å². The molecular formula is C16H25NO4. The van der Waals surface area contributed by atoms with Crippen molar-refractivity contribution < 1.29 is 19.4 Å². The Morgan fingerprint density at radius 2 is 2.10 bits per heavy atom. The molecule has 0 radical (unpaired) electrons. The second-order valence-electron chi connectivity index (χ2n) is 5.11. The normalized spacial score (nSPS) is 10.7. The van der Waals surface area contributed by atoms with Crippen LogP contribution >= 0.6 is 0 Å². The van der Waals surface area contributed by atoms with Gasteiger partial charge < -0.3 is 19.5 Å². The second kappa shape index (κ2) is 9.37. The zero-order valence-electron chi connectivity index (χ0n) is 13.0. The highest BCUT2D eigenvalue weighted by Gasteiger charge is 2.13. The summed E-state index contributed by atoms with van der Waals surface area (Å²) in [7, 11) is 1.58. The fraction of sp³-hybridized carbons (Fsp3) is 0.562. The van der Waals surface area contributed by atoms with Gasteiger partial charge in [0.05, 0.1) is 13.2 Å². The first-order chi connectivity index (χ1) is 10.1. The van der Waals surface area contributed by atoms with E-state index in [1.165, 1.54) is 10.5 Å². The van der Waals surface area contributed by atoms with Crippen LogP contribution in [0, 0.1) is 0 Å². The van der Waals surface area contributed by atoms with Crippen molar-refractivity contribution in [2.75, 3.05) is 40.0 Å². The van der Waals surface area contributed by atoms with Crippen LogP contribution in [0.4, 0.5) is 0 Å². The smallest absolute Gasteiger partial charge is 0.260 e. The monoisotopic (exact) mass is 295 g/mol. The molecular weight excluding hydrogens is 270 g/mol. The number of methoxy groups -OCH3 is 1. The van der Waals surface area contributed by atoms with Crippen molar-refractivity contribution in [3.8, 4) is 5.75 Å². The summed E-state index contributed by atoms with van der Waals surface area (Å²) in [4.78, 5) is 13.6. The van der Waals surface area contributed by atoms with E-state index >= 15 is 0 Å². The Morgan fingerprint density at radius 1 is 1.33 bits per heavy atom. The van der Waals surface area contributed by atoms with E-state index in [2.05, 4.69) is 13.8 Å². The zero-order chi connectivity index (χ0) is 15.7. The molecule has 0 saturated carbocycles. The molecule has 118 valence electrons. The highest BCUT2D eigenvalue weighted by atomic mass is 16.5. The highest BCUT2D eigenvalue weighted by Crippen LogP contribution is 2.20. The molecule has 1 amide bonds. The minimum absolute atomic E-state index is 0.0364. The summed E-state index contributed by atoms with van der Waals surface area (Å²) in [5.74, 6) is 0.943. The van der Waals surface area contributed by atoms with Gasteiger partial charge >= 0.3 is 0 Å². The van der Waals surface area contributed by atoms with Crippen LogP contribution in [0.1, 0.15) is 25.3 Å². The molecule has 1 aromatic carbocycles. The van der Waals surface area contributed by atoms with Crippen LogP contribution in [0.15, 0.2) is 24.3 Å². The van der Waals surface area contributed by atoms with Crippen LogP contribution in [-0.4, -0.2) is 55.9 Å². The van der Waals surface area contributed by atoms with Gasteiger partial charge in [0.2, 0.25) is 0 Å². The van der Waals surface area contributed by atoms with E-state index in [0.717, 1.165) is 0 Å². The predicted octanol–water partition coefficient (Wildman–Crippen LogP) is 1.66. The van der Waals surface area contributed by atoms with Gasteiger partial charge in [0.25, 0.3) is 5.91 Å². The van der Waals surface area contributed by atoms with Crippen LogP contribution in [0.5, 0.6) is 5.75 Å². The van der Waals surface area contributed by atoms with Gasteiger partial charge in [-0.05, 0) is 23.6 Å². The number of rotatable bonds is 9. The molecule has 0 aliphatic carbocycles. The lowest BCUT2D eigenvalue weighted by molar-refractivity contribution is -0.134. The van der Waals surface area contributed by atoms with E-state index in [4.69, 9.17) is 14.6 Å². The van der Waals surface area contributed by atoms with Crippen molar-refractivity contribution in [1.82, 2.24) is 4.90 Å². The summed E-state index contributed by atoms with van der Waals surface area (Å²) in [5.41, 5.74) is 1.17. The lowest BCUT2D eigenvalue weighted by Gasteiger charge is -2.21. The Labute approximate surface area is 126 Å². The zero-order valence-corrected chi connectivity index (χ0v) is 13.0. The van der Waals surface area contributed by atoms with Crippen molar-refractivity contribution >= 4 is 5.91 Å². The van der Waals surface area contributed by atoms with Crippen LogP contribution in [-0.2, 0) is 9.53 Å². The maximum absolute atomic E-state index is 12.1. The maximum Gasteiger partial charge on any atom is 0.260 e. The molecule has 0 bridgehead atoms. The van der Waals surface area contributed by atoms with Crippen molar-refractivity contribution in [1.29, 1.82) is 0 Å². The molecule has 5 heteroatoms. The summed E-state index contributed by atoms with van der Waals surface area (Å²) >= 11 is 0. The highest BCUT2D eigenvalue weighted by molar-refractivity contribution is 5.77. The number of aliphatic hydroxyl groups excluding tert-OH is 1. The van der Waals surface area contributed by atoms with E-state index in [1.807, 2.05) is 24.3 Å². The third-order valence-corrected chi connectivity index (χ3v) is 3.18. The summed E-state index contributed by atoms with van der Waals surface area (Å²) in [5, 5.41) is 8.99. The number of aliphatic hydroxyl groups is 1. The molecule has 1 N–H and O–H groups in total. The molecule has 1 rings (SSSR count). The first-order valence-electron chi connectivity index (χ1n) is 7.18. The number of ether oxygens (including phenoxy) is 2. The predicted molar refractivity (Wildman–Crippen MR) is 81.6 cm³/mol. The molecule has 0 fully saturated rings. The van der Waals surface area contributed by atoms with Crippen LogP contribution in [0.2, 0.25) is 0 Å². The van der Waals surface area contributed by atoms with Gasteiger partial charge in [0.1, 0.15) is 5.75 Å². The SMILES string of the molecule is COCCN(CCO)C(=O)COc1cccc(C(C)C)c1. The number of carbonyl (C=O) groups excluding carboxylic acids is 1. The number of nitrogens with zero attached hydrogens (tertiary/aromatic N) is 1. The van der Waals surface area contributed by atoms with Gasteiger partial charge in [-0.25, -0.2) is 0 Å². The number of hydrogen-bond donors (Lipinski definition) is 1. The van der Waals surface area contributed by atoms with E-state index < -0.39 is 0 Å².